The Morgan fingerprint density at radius 3 is 2.76 bits per heavy atom. The SMILES string of the molecule is OC(COc1ccc(Cl)cc1Cl)Cn1c(C2CC2)nc2ccccc21. The quantitative estimate of drug-likeness (QED) is 0.680. The number of benzene rings is 2. The monoisotopic (exact) mass is 376 g/mol. The van der Waals surface area contributed by atoms with Crippen LogP contribution in [0.2, 0.25) is 10.0 Å². The number of aliphatic hydroxyl groups excluding tert-OH is 1. The lowest BCUT2D eigenvalue weighted by atomic mass is 10.3. The number of para-hydroxylation sites is 2. The predicted octanol–water partition coefficient (Wildman–Crippen LogP) is 4.66. The molecule has 1 aromatic heterocycles. The Morgan fingerprint density at radius 1 is 1.20 bits per heavy atom. The molecular formula is C19H18Cl2N2O2. The van der Waals surface area contributed by atoms with Crippen LogP contribution in [0.15, 0.2) is 42.5 Å². The summed E-state index contributed by atoms with van der Waals surface area (Å²) in [5, 5.41) is 11.5. The van der Waals surface area contributed by atoms with E-state index in [-0.39, 0.29) is 6.61 Å². The van der Waals surface area contributed by atoms with Gasteiger partial charge < -0.3 is 14.4 Å². The highest BCUT2D eigenvalue weighted by Crippen LogP contribution is 2.40. The highest BCUT2D eigenvalue weighted by Gasteiger charge is 2.30. The number of nitrogens with zero attached hydrogens (tertiary/aromatic N) is 2. The van der Waals surface area contributed by atoms with Gasteiger partial charge in [0.1, 0.15) is 24.3 Å². The van der Waals surface area contributed by atoms with Gasteiger partial charge in [0.25, 0.3) is 0 Å². The molecule has 1 aliphatic carbocycles. The highest BCUT2D eigenvalue weighted by molar-refractivity contribution is 6.35. The Kier molecular flexibility index (Phi) is 4.59. The first-order chi connectivity index (χ1) is 12.1. The maximum Gasteiger partial charge on any atom is 0.138 e. The van der Waals surface area contributed by atoms with Crippen LogP contribution in [0.4, 0.5) is 0 Å². The van der Waals surface area contributed by atoms with Crippen molar-refractivity contribution in [1.82, 2.24) is 9.55 Å². The van der Waals surface area contributed by atoms with Crippen LogP contribution in [0.5, 0.6) is 5.75 Å². The van der Waals surface area contributed by atoms with Gasteiger partial charge in [0.2, 0.25) is 0 Å². The molecule has 4 nitrogen and oxygen atoms in total. The number of imidazole rings is 1. The maximum atomic E-state index is 10.5. The van der Waals surface area contributed by atoms with Crippen molar-refractivity contribution in [1.29, 1.82) is 0 Å². The van der Waals surface area contributed by atoms with Crippen LogP contribution in [0.3, 0.4) is 0 Å². The second kappa shape index (κ2) is 6.87. The summed E-state index contributed by atoms with van der Waals surface area (Å²) in [6, 6.07) is 13.1. The first kappa shape index (κ1) is 16.7. The van der Waals surface area contributed by atoms with Gasteiger partial charge in [-0.3, -0.25) is 0 Å². The van der Waals surface area contributed by atoms with Crippen molar-refractivity contribution in [3.63, 3.8) is 0 Å². The smallest absolute Gasteiger partial charge is 0.138 e. The van der Waals surface area contributed by atoms with Crippen molar-refractivity contribution in [2.24, 2.45) is 0 Å². The standard InChI is InChI=1S/C19H18Cl2N2O2/c20-13-7-8-18(15(21)9-13)25-11-14(24)10-23-17-4-2-1-3-16(17)22-19(23)12-5-6-12/h1-4,7-9,12,14,24H,5-6,10-11H2. The number of aromatic nitrogens is 2. The fourth-order valence-corrected chi connectivity index (χ4v) is 3.44. The lowest BCUT2D eigenvalue weighted by molar-refractivity contribution is 0.0928. The van der Waals surface area contributed by atoms with Gasteiger partial charge >= 0.3 is 0 Å². The van der Waals surface area contributed by atoms with Crippen LogP contribution in [0.1, 0.15) is 24.6 Å². The average molecular weight is 377 g/mol. The molecule has 6 heteroatoms. The Balaban J connectivity index is 1.50. The minimum absolute atomic E-state index is 0.151. The molecule has 3 aromatic rings. The molecule has 0 saturated heterocycles. The summed E-state index contributed by atoms with van der Waals surface area (Å²) < 4.78 is 7.77. The Bertz CT molecular complexity index is 906. The lowest BCUT2D eigenvalue weighted by Gasteiger charge is -2.16. The first-order valence-corrected chi connectivity index (χ1v) is 9.08. The van der Waals surface area contributed by atoms with Gasteiger partial charge in [0.15, 0.2) is 0 Å². The van der Waals surface area contributed by atoms with Gasteiger partial charge in [-0.05, 0) is 43.2 Å². The molecule has 2 aromatic carbocycles. The number of ether oxygens (including phenoxy) is 1. The number of aliphatic hydroxyl groups is 1. The summed E-state index contributed by atoms with van der Waals surface area (Å²) in [6.07, 6.45) is 1.66. The zero-order chi connectivity index (χ0) is 17.4. The molecule has 0 amide bonds. The number of fused-ring (bicyclic) bond motifs is 1. The third kappa shape index (κ3) is 3.61. The highest BCUT2D eigenvalue weighted by atomic mass is 35.5. The molecule has 0 bridgehead atoms. The van der Waals surface area contributed by atoms with Crippen LogP contribution < -0.4 is 4.74 Å². The minimum Gasteiger partial charge on any atom is -0.489 e. The maximum absolute atomic E-state index is 10.5. The molecule has 1 N–H and O–H groups in total. The van der Waals surface area contributed by atoms with E-state index >= 15 is 0 Å². The molecular weight excluding hydrogens is 359 g/mol. The van der Waals surface area contributed by atoms with E-state index in [9.17, 15) is 5.11 Å². The Morgan fingerprint density at radius 2 is 2.00 bits per heavy atom. The summed E-state index contributed by atoms with van der Waals surface area (Å²) >= 11 is 12.0. The number of hydrogen-bond acceptors (Lipinski definition) is 3. The molecule has 130 valence electrons. The van der Waals surface area contributed by atoms with Crippen LogP contribution in [-0.4, -0.2) is 27.4 Å². The Hall–Kier alpha value is -1.75. The fourth-order valence-electron chi connectivity index (χ4n) is 2.98. The van der Waals surface area contributed by atoms with E-state index in [1.165, 1.54) is 0 Å². The molecule has 0 aliphatic heterocycles. The van der Waals surface area contributed by atoms with E-state index in [4.69, 9.17) is 32.9 Å². The summed E-state index contributed by atoms with van der Waals surface area (Å²) in [6.45, 7) is 0.593. The van der Waals surface area contributed by atoms with Crippen LogP contribution in [0.25, 0.3) is 11.0 Å². The number of hydrogen-bond donors (Lipinski definition) is 1. The van der Waals surface area contributed by atoms with Gasteiger partial charge in [-0.25, -0.2) is 4.98 Å². The lowest BCUT2D eigenvalue weighted by Crippen LogP contribution is -2.24. The van der Waals surface area contributed by atoms with E-state index in [0.29, 0.717) is 28.3 Å². The van der Waals surface area contributed by atoms with Crippen molar-refractivity contribution in [3.8, 4) is 5.75 Å². The molecule has 4 rings (SSSR count). The zero-order valence-electron chi connectivity index (χ0n) is 13.5. The summed E-state index contributed by atoms with van der Waals surface area (Å²) in [5.74, 6) is 2.08. The molecule has 1 atom stereocenters. The van der Waals surface area contributed by atoms with E-state index in [2.05, 4.69) is 4.57 Å². The molecule has 1 heterocycles. The van der Waals surface area contributed by atoms with Gasteiger partial charge in [-0.1, -0.05) is 35.3 Å². The third-order valence-corrected chi connectivity index (χ3v) is 4.88. The molecule has 1 saturated carbocycles. The van der Waals surface area contributed by atoms with E-state index < -0.39 is 6.10 Å². The van der Waals surface area contributed by atoms with Crippen LogP contribution in [-0.2, 0) is 6.54 Å². The molecule has 25 heavy (non-hydrogen) atoms. The van der Waals surface area contributed by atoms with Crippen molar-refractivity contribution >= 4 is 34.2 Å². The van der Waals surface area contributed by atoms with Gasteiger partial charge in [-0.2, -0.15) is 0 Å². The molecule has 1 unspecified atom stereocenters. The van der Waals surface area contributed by atoms with Crippen LogP contribution >= 0.6 is 23.2 Å². The molecule has 0 radical (unpaired) electrons. The normalized spacial score (nSPS) is 15.5. The number of halogens is 2. The zero-order valence-corrected chi connectivity index (χ0v) is 15.0. The second-order valence-electron chi connectivity index (χ2n) is 6.38. The topological polar surface area (TPSA) is 47.3 Å². The van der Waals surface area contributed by atoms with Gasteiger partial charge in [-0.15, -0.1) is 0 Å². The Labute approximate surface area is 156 Å². The van der Waals surface area contributed by atoms with Crippen LogP contribution in [0, 0.1) is 0 Å². The van der Waals surface area contributed by atoms with Crippen molar-refractivity contribution in [2.45, 2.75) is 31.4 Å². The van der Waals surface area contributed by atoms with Crippen molar-refractivity contribution in [2.75, 3.05) is 6.61 Å². The third-order valence-electron chi connectivity index (χ3n) is 4.35. The average Bonchev–Trinajstić information content (AvgIpc) is 3.37. The summed E-state index contributed by atoms with van der Waals surface area (Å²) in [4.78, 5) is 4.75. The molecule has 0 spiro atoms. The van der Waals surface area contributed by atoms with Gasteiger partial charge in [0, 0.05) is 10.9 Å². The second-order valence-corrected chi connectivity index (χ2v) is 7.23. The first-order valence-electron chi connectivity index (χ1n) is 8.33. The van der Waals surface area contributed by atoms with E-state index in [0.717, 1.165) is 29.7 Å². The molecule has 1 fully saturated rings. The van der Waals surface area contributed by atoms with Crippen molar-refractivity contribution in [3.05, 3.63) is 58.3 Å². The summed E-state index contributed by atoms with van der Waals surface area (Å²) in [7, 11) is 0. The van der Waals surface area contributed by atoms with Gasteiger partial charge in [0.05, 0.1) is 22.6 Å². The summed E-state index contributed by atoms with van der Waals surface area (Å²) in [5.41, 5.74) is 2.02. The fraction of sp³-hybridized carbons (Fsp3) is 0.316. The largest absolute Gasteiger partial charge is 0.489 e. The number of rotatable bonds is 6. The van der Waals surface area contributed by atoms with Crippen molar-refractivity contribution < 1.29 is 9.84 Å². The van der Waals surface area contributed by atoms with E-state index in [1.807, 2.05) is 24.3 Å². The molecule has 1 aliphatic rings. The minimum atomic E-state index is -0.665. The van der Waals surface area contributed by atoms with E-state index in [1.54, 1.807) is 18.2 Å². The predicted molar refractivity (Wildman–Crippen MR) is 99.7 cm³/mol.